The highest BCUT2D eigenvalue weighted by Crippen LogP contribution is 2.38. The van der Waals surface area contributed by atoms with E-state index in [2.05, 4.69) is 4.99 Å². The van der Waals surface area contributed by atoms with Gasteiger partial charge in [-0.1, -0.05) is 12.1 Å². The minimum atomic E-state index is 0.697. The fourth-order valence-corrected chi connectivity index (χ4v) is 2.08. The Morgan fingerprint density at radius 3 is 2.63 bits per heavy atom. The van der Waals surface area contributed by atoms with Crippen LogP contribution in [0.15, 0.2) is 47.5 Å². The van der Waals surface area contributed by atoms with Gasteiger partial charge in [-0.15, -0.1) is 0 Å². The standard InChI is InChI=1S/C15H15N3O/c1-18(2)15-11-9-10(16)7-8-13(11)19-14-6-4-3-5-12(14)17-15/h3-9H,16H2,1-2H3. The second kappa shape index (κ2) is 4.31. The van der Waals surface area contributed by atoms with Gasteiger partial charge in [-0.2, -0.15) is 0 Å². The topological polar surface area (TPSA) is 50.8 Å². The maximum Gasteiger partial charge on any atom is 0.153 e. The molecule has 0 radical (unpaired) electrons. The molecule has 0 saturated carbocycles. The Labute approximate surface area is 112 Å². The van der Waals surface area contributed by atoms with Gasteiger partial charge in [-0.05, 0) is 30.3 Å². The van der Waals surface area contributed by atoms with E-state index in [0.29, 0.717) is 5.69 Å². The summed E-state index contributed by atoms with van der Waals surface area (Å²) in [6, 6.07) is 13.3. The minimum absolute atomic E-state index is 0.697. The van der Waals surface area contributed by atoms with E-state index in [4.69, 9.17) is 10.5 Å². The van der Waals surface area contributed by atoms with Crippen molar-refractivity contribution in [2.45, 2.75) is 0 Å². The highest BCUT2D eigenvalue weighted by Gasteiger charge is 2.19. The van der Waals surface area contributed by atoms with Gasteiger partial charge in [0.25, 0.3) is 0 Å². The SMILES string of the molecule is CN(C)C1=Nc2ccccc2Oc2ccc(N)cc21. The Morgan fingerprint density at radius 2 is 1.84 bits per heavy atom. The number of aliphatic imine (C=N–C) groups is 1. The molecular formula is C15H15N3O. The van der Waals surface area contributed by atoms with Crippen LogP contribution in [0, 0.1) is 0 Å². The molecule has 2 aromatic rings. The predicted molar refractivity (Wildman–Crippen MR) is 77.3 cm³/mol. The molecule has 0 fully saturated rings. The van der Waals surface area contributed by atoms with Gasteiger partial charge in [-0.3, -0.25) is 0 Å². The number of rotatable bonds is 0. The van der Waals surface area contributed by atoms with Crippen molar-refractivity contribution in [2.24, 2.45) is 4.99 Å². The maximum absolute atomic E-state index is 5.94. The molecule has 96 valence electrons. The lowest BCUT2D eigenvalue weighted by molar-refractivity contribution is 0.484. The molecule has 1 aliphatic heterocycles. The molecule has 4 heteroatoms. The molecule has 0 aliphatic carbocycles. The van der Waals surface area contributed by atoms with Crippen LogP contribution in [-0.4, -0.2) is 24.8 Å². The van der Waals surface area contributed by atoms with Crippen molar-refractivity contribution in [1.29, 1.82) is 0 Å². The van der Waals surface area contributed by atoms with E-state index < -0.39 is 0 Å². The van der Waals surface area contributed by atoms with Gasteiger partial charge in [0.05, 0.1) is 5.56 Å². The summed E-state index contributed by atoms with van der Waals surface area (Å²) in [5.41, 5.74) is 8.29. The summed E-state index contributed by atoms with van der Waals surface area (Å²) in [6.07, 6.45) is 0. The van der Waals surface area contributed by atoms with Crippen LogP contribution in [0.25, 0.3) is 0 Å². The van der Waals surface area contributed by atoms with E-state index in [1.165, 1.54) is 0 Å². The smallest absolute Gasteiger partial charge is 0.153 e. The number of amidine groups is 1. The zero-order chi connectivity index (χ0) is 13.4. The van der Waals surface area contributed by atoms with E-state index >= 15 is 0 Å². The van der Waals surface area contributed by atoms with Crippen LogP contribution in [0.1, 0.15) is 5.56 Å². The highest BCUT2D eigenvalue weighted by atomic mass is 16.5. The fourth-order valence-electron chi connectivity index (χ4n) is 2.08. The first-order chi connectivity index (χ1) is 9.15. The average Bonchev–Trinajstić information content (AvgIpc) is 2.55. The average molecular weight is 253 g/mol. The summed E-state index contributed by atoms with van der Waals surface area (Å²) in [5.74, 6) is 2.37. The van der Waals surface area contributed by atoms with E-state index in [9.17, 15) is 0 Å². The van der Waals surface area contributed by atoms with Gasteiger partial charge in [0.2, 0.25) is 0 Å². The summed E-state index contributed by atoms with van der Waals surface area (Å²) < 4.78 is 5.94. The van der Waals surface area contributed by atoms with Crippen LogP contribution in [0.3, 0.4) is 0 Å². The van der Waals surface area contributed by atoms with Gasteiger partial charge in [0.15, 0.2) is 5.75 Å². The number of hydrogen-bond donors (Lipinski definition) is 1. The Bertz CT molecular complexity index is 662. The lowest BCUT2D eigenvalue weighted by Gasteiger charge is -2.16. The molecule has 0 bridgehead atoms. The minimum Gasteiger partial charge on any atom is -0.454 e. The van der Waals surface area contributed by atoms with Crippen LogP contribution in [0.5, 0.6) is 11.5 Å². The molecule has 1 heterocycles. The number of nitrogen functional groups attached to an aromatic ring is 1. The van der Waals surface area contributed by atoms with Crippen LogP contribution in [0.4, 0.5) is 11.4 Å². The Hall–Kier alpha value is -2.49. The third-order valence-electron chi connectivity index (χ3n) is 2.98. The molecule has 3 rings (SSSR count). The quantitative estimate of drug-likeness (QED) is 0.734. The highest BCUT2D eigenvalue weighted by molar-refractivity contribution is 6.04. The van der Waals surface area contributed by atoms with Gasteiger partial charge in [0.1, 0.15) is 17.3 Å². The van der Waals surface area contributed by atoms with E-state index in [-0.39, 0.29) is 0 Å². The Morgan fingerprint density at radius 1 is 1.05 bits per heavy atom. The molecule has 0 saturated heterocycles. The second-order valence-electron chi connectivity index (χ2n) is 4.66. The first kappa shape index (κ1) is 11.6. The third kappa shape index (κ3) is 2.01. The van der Waals surface area contributed by atoms with Crippen LogP contribution < -0.4 is 10.5 Å². The van der Waals surface area contributed by atoms with Crippen molar-refractivity contribution >= 4 is 17.2 Å². The van der Waals surface area contributed by atoms with Crippen molar-refractivity contribution < 1.29 is 4.74 Å². The number of anilines is 1. The van der Waals surface area contributed by atoms with Crippen LogP contribution in [0.2, 0.25) is 0 Å². The van der Waals surface area contributed by atoms with Gasteiger partial charge < -0.3 is 15.4 Å². The number of fused-ring (bicyclic) bond motifs is 2. The number of nitrogens with zero attached hydrogens (tertiary/aromatic N) is 2. The molecule has 2 N–H and O–H groups in total. The molecule has 1 aliphatic rings. The van der Waals surface area contributed by atoms with Gasteiger partial charge in [-0.25, -0.2) is 4.99 Å². The Balaban J connectivity index is 2.27. The summed E-state index contributed by atoms with van der Waals surface area (Å²) in [7, 11) is 3.92. The first-order valence-corrected chi connectivity index (χ1v) is 6.08. The fraction of sp³-hybridized carbons (Fsp3) is 0.133. The van der Waals surface area contributed by atoms with Crippen molar-refractivity contribution in [3.8, 4) is 11.5 Å². The van der Waals surface area contributed by atoms with Crippen LogP contribution in [-0.2, 0) is 0 Å². The largest absolute Gasteiger partial charge is 0.454 e. The molecule has 0 spiro atoms. The third-order valence-corrected chi connectivity index (χ3v) is 2.98. The lowest BCUT2D eigenvalue weighted by atomic mass is 10.1. The first-order valence-electron chi connectivity index (χ1n) is 6.08. The summed E-state index contributed by atoms with van der Waals surface area (Å²) in [4.78, 5) is 6.65. The maximum atomic E-state index is 5.94. The molecular weight excluding hydrogens is 238 g/mol. The van der Waals surface area contributed by atoms with Crippen molar-refractivity contribution in [3.05, 3.63) is 48.0 Å². The van der Waals surface area contributed by atoms with Gasteiger partial charge >= 0.3 is 0 Å². The summed E-state index contributed by atoms with van der Waals surface area (Å²) in [5, 5.41) is 0. The van der Waals surface area contributed by atoms with E-state index in [1.54, 1.807) is 0 Å². The molecule has 0 atom stereocenters. The lowest BCUT2D eigenvalue weighted by Crippen LogP contribution is -2.22. The monoisotopic (exact) mass is 253 g/mol. The molecule has 19 heavy (non-hydrogen) atoms. The Kier molecular flexibility index (Phi) is 2.63. The summed E-state index contributed by atoms with van der Waals surface area (Å²) >= 11 is 0. The van der Waals surface area contributed by atoms with Crippen molar-refractivity contribution in [3.63, 3.8) is 0 Å². The number of nitrogens with two attached hydrogens (primary N) is 1. The number of benzene rings is 2. The van der Waals surface area contributed by atoms with Crippen molar-refractivity contribution in [1.82, 2.24) is 4.90 Å². The van der Waals surface area contributed by atoms with Crippen LogP contribution >= 0.6 is 0 Å². The van der Waals surface area contributed by atoms with Gasteiger partial charge in [0, 0.05) is 19.8 Å². The number of ether oxygens (including phenoxy) is 1. The summed E-state index contributed by atoms with van der Waals surface area (Å²) in [6.45, 7) is 0. The molecule has 4 nitrogen and oxygen atoms in total. The second-order valence-corrected chi connectivity index (χ2v) is 4.66. The zero-order valence-corrected chi connectivity index (χ0v) is 10.9. The predicted octanol–water partition coefficient (Wildman–Crippen LogP) is 3.01. The van der Waals surface area contributed by atoms with Crippen molar-refractivity contribution in [2.75, 3.05) is 19.8 Å². The van der Waals surface area contributed by atoms with E-state index in [0.717, 1.165) is 28.6 Å². The molecule has 0 aromatic heterocycles. The van der Waals surface area contributed by atoms with E-state index in [1.807, 2.05) is 61.5 Å². The number of hydrogen-bond acceptors (Lipinski definition) is 4. The number of para-hydroxylation sites is 2. The molecule has 2 aromatic carbocycles. The molecule has 0 amide bonds. The normalized spacial score (nSPS) is 12.6. The zero-order valence-electron chi connectivity index (χ0n) is 10.9. The molecule has 0 unspecified atom stereocenters.